The smallest absolute Gasteiger partial charge is 0.311 e. The minimum absolute atomic E-state index is 0.0817. The first-order chi connectivity index (χ1) is 8.49. The molecule has 0 aliphatic carbocycles. The Hall–Kier alpha value is -2.38. The molecule has 3 amide bonds. The van der Waals surface area contributed by atoms with E-state index in [1.165, 1.54) is 0 Å². The SMILES string of the molecule is C=C1CCC(=O)N1NC(=O)ON1C(=N)CCC1=O. The van der Waals surface area contributed by atoms with Crippen molar-refractivity contribution in [1.82, 2.24) is 15.5 Å². The first-order valence-electron chi connectivity index (χ1n) is 5.38. The Bertz CT molecular complexity index is 387. The van der Waals surface area contributed by atoms with Crippen LogP contribution in [0.25, 0.3) is 0 Å². The van der Waals surface area contributed by atoms with Crippen LogP contribution in [0.4, 0.5) is 4.79 Å². The molecule has 96 valence electrons. The Balaban J connectivity index is 1.93. The Labute approximate surface area is 103 Å². The summed E-state index contributed by atoms with van der Waals surface area (Å²) in [5.74, 6) is -0.830. The molecule has 2 aliphatic rings. The fourth-order valence-electron chi connectivity index (χ4n) is 1.67. The number of rotatable bonds is 2. The Morgan fingerprint density at radius 3 is 2.39 bits per heavy atom. The van der Waals surface area contributed by atoms with Gasteiger partial charge in [-0.25, -0.2) is 15.2 Å². The number of hydroxylamine groups is 2. The van der Waals surface area contributed by atoms with E-state index < -0.39 is 12.0 Å². The summed E-state index contributed by atoms with van der Waals surface area (Å²) in [7, 11) is 0. The van der Waals surface area contributed by atoms with Crippen LogP contribution in [0.15, 0.2) is 12.3 Å². The molecule has 2 heterocycles. The van der Waals surface area contributed by atoms with Crippen LogP contribution in [0.3, 0.4) is 0 Å². The zero-order valence-corrected chi connectivity index (χ0v) is 9.56. The highest BCUT2D eigenvalue weighted by Gasteiger charge is 2.32. The van der Waals surface area contributed by atoms with E-state index in [1.807, 2.05) is 0 Å². The first-order valence-corrected chi connectivity index (χ1v) is 5.38. The molecule has 0 aromatic rings. The lowest BCUT2D eigenvalue weighted by molar-refractivity contribution is -0.147. The Morgan fingerprint density at radius 2 is 1.89 bits per heavy atom. The van der Waals surface area contributed by atoms with Gasteiger partial charge in [-0.1, -0.05) is 6.58 Å². The van der Waals surface area contributed by atoms with Crippen molar-refractivity contribution in [2.24, 2.45) is 0 Å². The summed E-state index contributed by atoms with van der Waals surface area (Å²) in [6.07, 6.45) is 0.129. The number of nitrogens with one attached hydrogen (secondary N) is 2. The predicted molar refractivity (Wildman–Crippen MR) is 58.6 cm³/mol. The second-order valence-electron chi connectivity index (χ2n) is 3.92. The summed E-state index contributed by atoms with van der Waals surface area (Å²) < 4.78 is 0. The van der Waals surface area contributed by atoms with Crippen molar-refractivity contribution in [3.8, 4) is 0 Å². The standard InChI is InChI=1S/C10H12N4O4/c1-6-2-4-8(15)13(6)12-10(17)18-14-7(11)3-5-9(14)16/h11H,1-5H2,(H,12,17). The summed E-state index contributed by atoms with van der Waals surface area (Å²) >= 11 is 0. The number of hydrogen-bond donors (Lipinski definition) is 2. The van der Waals surface area contributed by atoms with Crippen molar-refractivity contribution in [2.75, 3.05) is 0 Å². The quantitative estimate of drug-likeness (QED) is 0.736. The second kappa shape index (κ2) is 4.47. The van der Waals surface area contributed by atoms with Crippen molar-refractivity contribution in [3.63, 3.8) is 0 Å². The lowest BCUT2D eigenvalue weighted by Crippen LogP contribution is -2.45. The van der Waals surface area contributed by atoms with Gasteiger partial charge in [-0.05, 0) is 6.42 Å². The summed E-state index contributed by atoms with van der Waals surface area (Å²) in [5, 5.41) is 9.01. The molecule has 2 rings (SSSR count). The van der Waals surface area contributed by atoms with Crippen LogP contribution in [0, 0.1) is 5.41 Å². The van der Waals surface area contributed by atoms with E-state index in [4.69, 9.17) is 5.41 Å². The monoisotopic (exact) mass is 252 g/mol. The molecular weight excluding hydrogens is 240 g/mol. The van der Waals surface area contributed by atoms with E-state index in [9.17, 15) is 14.4 Å². The number of hydrazine groups is 1. The van der Waals surface area contributed by atoms with Gasteiger partial charge in [-0.2, -0.15) is 0 Å². The zero-order valence-electron chi connectivity index (χ0n) is 9.56. The van der Waals surface area contributed by atoms with Gasteiger partial charge in [0, 0.05) is 25.0 Å². The van der Waals surface area contributed by atoms with Gasteiger partial charge < -0.3 is 4.84 Å². The van der Waals surface area contributed by atoms with Crippen molar-refractivity contribution in [1.29, 1.82) is 5.41 Å². The third-order valence-electron chi connectivity index (χ3n) is 2.62. The molecule has 8 heteroatoms. The summed E-state index contributed by atoms with van der Waals surface area (Å²) in [4.78, 5) is 38.8. The molecule has 0 bridgehead atoms. The molecule has 0 unspecified atom stereocenters. The maximum atomic E-state index is 11.5. The average Bonchev–Trinajstić information content (AvgIpc) is 2.79. The highest BCUT2D eigenvalue weighted by Crippen LogP contribution is 2.18. The molecule has 8 nitrogen and oxygen atoms in total. The zero-order chi connectivity index (χ0) is 13.3. The van der Waals surface area contributed by atoms with E-state index in [0.717, 1.165) is 5.01 Å². The first kappa shape index (κ1) is 12.1. The van der Waals surface area contributed by atoms with Gasteiger partial charge >= 0.3 is 6.09 Å². The number of amidine groups is 1. The molecule has 0 spiro atoms. The molecule has 0 radical (unpaired) electrons. The molecule has 2 fully saturated rings. The molecule has 18 heavy (non-hydrogen) atoms. The summed E-state index contributed by atoms with van der Waals surface area (Å²) in [6.45, 7) is 3.61. The number of amides is 3. The maximum Gasteiger partial charge on any atom is 0.451 e. The molecule has 2 saturated heterocycles. The van der Waals surface area contributed by atoms with Gasteiger partial charge in [0.2, 0.25) is 5.91 Å². The lowest BCUT2D eigenvalue weighted by atomic mass is 10.3. The molecular formula is C10H12N4O4. The molecule has 0 aromatic heterocycles. The number of carbonyl (C=O) groups excluding carboxylic acids is 3. The molecule has 0 saturated carbocycles. The van der Waals surface area contributed by atoms with Crippen molar-refractivity contribution in [3.05, 3.63) is 12.3 Å². The van der Waals surface area contributed by atoms with Crippen LogP contribution in [-0.2, 0) is 14.4 Å². The summed E-state index contributed by atoms with van der Waals surface area (Å²) in [6, 6.07) is 0. The van der Waals surface area contributed by atoms with Gasteiger partial charge in [-0.15, -0.1) is 5.06 Å². The third-order valence-corrected chi connectivity index (χ3v) is 2.62. The number of allylic oxidation sites excluding steroid dienone is 1. The van der Waals surface area contributed by atoms with Crippen LogP contribution < -0.4 is 5.43 Å². The van der Waals surface area contributed by atoms with Crippen molar-refractivity contribution >= 4 is 23.7 Å². The van der Waals surface area contributed by atoms with Gasteiger partial charge in [0.25, 0.3) is 5.91 Å². The van der Waals surface area contributed by atoms with Gasteiger partial charge in [0.1, 0.15) is 5.84 Å². The van der Waals surface area contributed by atoms with Crippen LogP contribution in [0.2, 0.25) is 0 Å². The molecule has 2 aliphatic heterocycles. The van der Waals surface area contributed by atoms with E-state index >= 15 is 0 Å². The van der Waals surface area contributed by atoms with Crippen LogP contribution in [0.1, 0.15) is 25.7 Å². The maximum absolute atomic E-state index is 11.5. The molecule has 0 atom stereocenters. The van der Waals surface area contributed by atoms with Crippen LogP contribution in [0.5, 0.6) is 0 Å². The second-order valence-corrected chi connectivity index (χ2v) is 3.92. The summed E-state index contributed by atoms with van der Waals surface area (Å²) in [5.41, 5.74) is 2.64. The number of carbonyl (C=O) groups is 3. The highest BCUT2D eigenvalue weighted by molar-refractivity contribution is 6.02. The Kier molecular flexibility index (Phi) is 3.00. The van der Waals surface area contributed by atoms with E-state index in [1.54, 1.807) is 0 Å². The van der Waals surface area contributed by atoms with E-state index in [2.05, 4.69) is 16.8 Å². The third kappa shape index (κ3) is 2.17. The molecule has 2 N–H and O–H groups in total. The van der Waals surface area contributed by atoms with E-state index in [-0.39, 0.29) is 31.0 Å². The topological polar surface area (TPSA) is 103 Å². The normalized spacial score (nSPS) is 19.8. The predicted octanol–water partition coefficient (Wildman–Crippen LogP) is 0.278. The van der Waals surface area contributed by atoms with Crippen molar-refractivity contribution < 1.29 is 19.2 Å². The van der Waals surface area contributed by atoms with Crippen molar-refractivity contribution in [2.45, 2.75) is 25.7 Å². The number of hydrogen-bond acceptors (Lipinski definition) is 5. The van der Waals surface area contributed by atoms with Crippen LogP contribution >= 0.6 is 0 Å². The van der Waals surface area contributed by atoms with Gasteiger partial charge in [-0.3, -0.25) is 15.0 Å². The fraction of sp³-hybridized carbons (Fsp3) is 0.400. The minimum atomic E-state index is -0.994. The largest absolute Gasteiger partial charge is 0.451 e. The minimum Gasteiger partial charge on any atom is -0.311 e. The highest BCUT2D eigenvalue weighted by atomic mass is 16.7. The number of nitrogens with zero attached hydrogens (tertiary/aromatic N) is 2. The van der Waals surface area contributed by atoms with Crippen LogP contribution in [-0.4, -0.2) is 33.8 Å². The molecule has 0 aromatic carbocycles. The Morgan fingerprint density at radius 1 is 1.22 bits per heavy atom. The van der Waals surface area contributed by atoms with Gasteiger partial charge in [0.15, 0.2) is 0 Å². The lowest BCUT2D eigenvalue weighted by Gasteiger charge is -2.20. The van der Waals surface area contributed by atoms with E-state index in [0.29, 0.717) is 17.2 Å². The van der Waals surface area contributed by atoms with Gasteiger partial charge in [0.05, 0.1) is 0 Å². The average molecular weight is 252 g/mol. The fourth-order valence-corrected chi connectivity index (χ4v) is 1.67.